The zero-order chi connectivity index (χ0) is 28.1. The molecule has 1 heteroatoms. The van der Waals surface area contributed by atoms with Crippen LogP contribution < -0.4 is 0 Å². The minimum absolute atomic E-state index is 0.364. The SMILES string of the molecule is c1ccc2c(c1)-c1ccccc1C21c2ccccc2-c2cc3c(-c4cccc5ccccc45)nc4ccccc4c3cc21. The van der Waals surface area contributed by atoms with E-state index in [9.17, 15) is 0 Å². The third-order valence-electron chi connectivity index (χ3n) is 9.86. The molecule has 0 aliphatic heterocycles. The van der Waals surface area contributed by atoms with Crippen molar-refractivity contribution >= 4 is 32.4 Å². The Hall–Kier alpha value is -5.53. The van der Waals surface area contributed by atoms with E-state index in [0.717, 1.165) is 11.2 Å². The summed E-state index contributed by atoms with van der Waals surface area (Å²) >= 11 is 0. The molecule has 0 bridgehead atoms. The maximum absolute atomic E-state index is 5.37. The Labute approximate surface area is 249 Å². The van der Waals surface area contributed by atoms with Crippen molar-refractivity contribution < 1.29 is 0 Å². The quantitative estimate of drug-likeness (QED) is 0.188. The molecule has 0 fully saturated rings. The lowest BCUT2D eigenvalue weighted by Crippen LogP contribution is -2.25. The molecule has 1 spiro atoms. The molecule has 43 heavy (non-hydrogen) atoms. The second-order valence-corrected chi connectivity index (χ2v) is 11.8. The van der Waals surface area contributed by atoms with Crippen LogP contribution in [0.25, 0.3) is 66.0 Å². The van der Waals surface area contributed by atoms with Crippen molar-refractivity contribution in [1.29, 1.82) is 0 Å². The van der Waals surface area contributed by atoms with Crippen molar-refractivity contribution in [2.24, 2.45) is 0 Å². The molecular formula is C42H25N. The first-order valence-corrected chi connectivity index (χ1v) is 15.0. The van der Waals surface area contributed by atoms with E-state index in [1.807, 2.05) is 0 Å². The maximum atomic E-state index is 5.37. The number of para-hydroxylation sites is 1. The first-order chi connectivity index (χ1) is 21.3. The van der Waals surface area contributed by atoms with E-state index < -0.39 is 0 Å². The summed E-state index contributed by atoms with van der Waals surface area (Å²) in [7, 11) is 0. The number of pyridine rings is 1. The van der Waals surface area contributed by atoms with Crippen molar-refractivity contribution in [2.75, 3.05) is 0 Å². The minimum Gasteiger partial charge on any atom is -0.247 e. The van der Waals surface area contributed by atoms with Gasteiger partial charge in [0.1, 0.15) is 0 Å². The summed E-state index contributed by atoms with van der Waals surface area (Å²) in [5.41, 5.74) is 13.6. The van der Waals surface area contributed by atoms with E-state index in [4.69, 9.17) is 4.98 Å². The summed E-state index contributed by atoms with van der Waals surface area (Å²) in [5, 5.41) is 6.09. The number of aromatic nitrogens is 1. The molecule has 198 valence electrons. The van der Waals surface area contributed by atoms with Gasteiger partial charge in [0, 0.05) is 16.3 Å². The van der Waals surface area contributed by atoms with Crippen molar-refractivity contribution in [1.82, 2.24) is 4.98 Å². The van der Waals surface area contributed by atoms with Gasteiger partial charge in [-0.15, -0.1) is 0 Å². The van der Waals surface area contributed by atoms with Gasteiger partial charge in [-0.25, -0.2) is 4.98 Å². The van der Waals surface area contributed by atoms with Crippen LogP contribution in [0.3, 0.4) is 0 Å². The van der Waals surface area contributed by atoms with Gasteiger partial charge in [0.25, 0.3) is 0 Å². The van der Waals surface area contributed by atoms with Gasteiger partial charge in [-0.1, -0.05) is 133 Å². The molecule has 0 N–H and O–H groups in total. The van der Waals surface area contributed by atoms with Gasteiger partial charge in [0.05, 0.1) is 16.6 Å². The van der Waals surface area contributed by atoms with Crippen LogP contribution in [0.2, 0.25) is 0 Å². The highest BCUT2D eigenvalue weighted by atomic mass is 14.7. The van der Waals surface area contributed by atoms with E-state index in [1.165, 1.54) is 77.0 Å². The van der Waals surface area contributed by atoms with E-state index in [0.29, 0.717) is 0 Å². The Balaban J connectivity index is 1.40. The smallest absolute Gasteiger partial charge is 0.0794 e. The second kappa shape index (κ2) is 8.27. The fourth-order valence-electron chi connectivity index (χ4n) is 8.17. The third kappa shape index (κ3) is 2.84. The van der Waals surface area contributed by atoms with Crippen molar-refractivity contribution in [3.63, 3.8) is 0 Å². The van der Waals surface area contributed by atoms with Crippen LogP contribution in [-0.2, 0) is 5.41 Å². The summed E-state index contributed by atoms with van der Waals surface area (Å²) in [6.45, 7) is 0. The van der Waals surface area contributed by atoms with Gasteiger partial charge < -0.3 is 0 Å². The number of hydrogen-bond donors (Lipinski definition) is 0. The molecule has 10 rings (SSSR count). The van der Waals surface area contributed by atoms with Gasteiger partial charge in [-0.2, -0.15) is 0 Å². The normalized spacial score (nSPS) is 13.8. The molecule has 0 amide bonds. The Kier molecular flexibility index (Phi) is 4.44. The molecular weight excluding hydrogens is 518 g/mol. The van der Waals surface area contributed by atoms with Gasteiger partial charge in [-0.3, -0.25) is 0 Å². The summed E-state index contributed by atoms with van der Waals surface area (Å²) in [6.07, 6.45) is 0. The molecule has 7 aromatic carbocycles. The van der Waals surface area contributed by atoms with Crippen LogP contribution in [0, 0.1) is 0 Å². The summed E-state index contributed by atoms with van der Waals surface area (Å²) < 4.78 is 0. The first-order valence-electron chi connectivity index (χ1n) is 15.0. The average Bonchev–Trinajstić information content (AvgIpc) is 3.54. The Morgan fingerprint density at radius 2 is 0.884 bits per heavy atom. The monoisotopic (exact) mass is 543 g/mol. The minimum atomic E-state index is -0.364. The van der Waals surface area contributed by atoms with Crippen molar-refractivity contribution in [3.8, 4) is 33.5 Å². The predicted octanol–water partition coefficient (Wildman–Crippen LogP) is 10.6. The number of hydrogen-bond acceptors (Lipinski definition) is 1. The van der Waals surface area contributed by atoms with Crippen LogP contribution in [0.1, 0.15) is 22.3 Å². The lowest BCUT2D eigenvalue weighted by molar-refractivity contribution is 0.795. The maximum Gasteiger partial charge on any atom is 0.0794 e. The van der Waals surface area contributed by atoms with Crippen LogP contribution in [0.15, 0.2) is 152 Å². The molecule has 1 nitrogen and oxygen atoms in total. The molecule has 0 unspecified atom stereocenters. The van der Waals surface area contributed by atoms with Crippen LogP contribution >= 0.6 is 0 Å². The molecule has 2 aliphatic rings. The molecule has 0 radical (unpaired) electrons. The molecule has 1 heterocycles. The number of rotatable bonds is 1. The standard InChI is InChI=1S/C42H25N/c1-2-14-27-26(12-1)13-11-19-32(27)41-35-24-34-30-17-5-9-22-38(30)42(39(34)25-33(35)31-18-6-10-23-40(31)43-41)36-20-7-3-15-28(36)29-16-4-8-21-37(29)42/h1-25H. The zero-order valence-electron chi connectivity index (χ0n) is 23.4. The highest BCUT2D eigenvalue weighted by Gasteiger charge is 2.51. The highest BCUT2D eigenvalue weighted by Crippen LogP contribution is 2.63. The summed E-state index contributed by atoms with van der Waals surface area (Å²) in [5.74, 6) is 0. The number of fused-ring (bicyclic) bond motifs is 14. The molecule has 0 saturated carbocycles. The van der Waals surface area contributed by atoms with E-state index in [-0.39, 0.29) is 5.41 Å². The fourth-order valence-corrected chi connectivity index (χ4v) is 8.17. The Bertz CT molecular complexity index is 2420. The Morgan fingerprint density at radius 1 is 0.349 bits per heavy atom. The molecule has 0 saturated heterocycles. The molecule has 0 atom stereocenters. The van der Waals surface area contributed by atoms with Crippen LogP contribution in [0.5, 0.6) is 0 Å². The summed E-state index contributed by atoms with van der Waals surface area (Å²) in [6, 6.07) is 55.9. The fraction of sp³-hybridized carbons (Fsp3) is 0.0238. The van der Waals surface area contributed by atoms with E-state index in [2.05, 4.69) is 152 Å². The zero-order valence-corrected chi connectivity index (χ0v) is 23.4. The lowest BCUT2D eigenvalue weighted by atomic mass is 9.70. The average molecular weight is 544 g/mol. The van der Waals surface area contributed by atoms with E-state index in [1.54, 1.807) is 0 Å². The number of nitrogens with zero attached hydrogens (tertiary/aromatic N) is 1. The van der Waals surface area contributed by atoms with Crippen LogP contribution in [-0.4, -0.2) is 4.98 Å². The summed E-state index contributed by atoms with van der Waals surface area (Å²) in [4.78, 5) is 5.37. The highest BCUT2D eigenvalue weighted by molar-refractivity contribution is 6.16. The largest absolute Gasteiger partial charge is 0.247 e. The van der Waals surface area contributed by atoms with Crippen molar-refractivity contribution in [2.45, 2.75) is 5.41 Å². The molecule has 2 aliphatic carbocycles. The van der Waals surface area contributed by atoms with Crippen LogP contribution in [0.4, 0.5) is 0 Å². The van der Waals surface area contributed by atoms with Crippen molar-refractivity contribution in [3.05, 3.63) is 174 Å². The topological polar surface area (TPSA) is 12.9 Å². The van der Waals surface area contributed by atoms with Gasteiger partial charge in [-0.05, 0) is 78.9 Å². The number of benzene rings is 7. The van der Waals surface area contributed by atoms with E-state index >= 15 is 0 Å². The third-order valence-corrected chi connectivity index (χ3v) is 9.86. The predicted molar refractivity (Wildman–Crippen MR) is 178 cm³/mol. The molecule has 1 aromatic heterocycles. The molecule has 8 aromatic rings. The Morgan fingerprint density at radius 3 is 1.60 bits per heavy atom. The first kappa shape index (κ1) is 23.1. The van der Waals surface area contributed by atoms with Gasteiger partial charge in [0.15, 0.2) is 0 Å². The lowest BCUT2D eigenvalue weighted by Gasteiger charge is -2.30. The second-order valence-electron chi connectivity index (χ2n) is 11.8. The van der Waals surface area contributed by atoms with Gasteiger partial charge in [0.2, 0.25) is 0 Å². The van der Waals surface area contributed by atoms with Gasteiger partial charge >= 0.3 is 0 Å².